The molecule has 0 bridgehead atoms. The van der Waals surface area contributed by atoms with Crippen LogP contribution in [0, 0.1) is 0 Å². The Kier molecular flexibility index (Phi) is 5.17. The van der Waals surface area contributed by atoms with Gasteiger partial charge >= 0.3 is 0 Å². The van der Waals surface area contributed by atoms with Crippen molar-refractivity contribution in [1.29, 1.82) is 0 Å². The minimum atomic E-state index is -0.298. The van der Waals surface area contributed by atoms with Crippen molar-refractivity contribution in [1.82, 2.24) is 10.5 Å². The molecule has 0 aliphatic heterocycles. The van der Waals surface area contributed by atoms with Gasteiger partial charge in [0, 0.05) is 11.1 Å². The predicted octanol–water partition coefficient (Wildman–Crippen LogP) is 4.25. The first-order valence-electron chi connectivity index (χ1n) is 7.33. The van der Waals surface area contributed by atoms with Crippen LogP contribution < -0.4 is 10.1 Å². The second kappa shape index (κ2) is 7.51. The van der Waals surface area contributed by atoms with Crippen LogP contribution >= 0.6 is 22.9 Å². The minimum Gasteiger partial charge on any atom is -0.489 e. The summed E-state index contributed by atoms with van der Waals surface area (Å²) >= 11 is 7.36. The van der Waals surface area contributed by atoms with E-state index in [0.717, 1.165) is 4.88 Å². The fourth-order valence-corrected chi connectivity index (χ4v) is 2.83. The molecule has 0 radical (unpaired) electrons. The Balaban J connectivity index is 1.52. The number of carbonyl (C=O) groups excluding carboxylic acids is 1. The number of amides is 1. The van der Waals surface area contributed by atoms with E-state index in [1.807, 2.05) is 24.4 Å². The summed E-state index contributed by atoms with van der Waals surface area (Å²) in [5.41, 5.74) is 0.247. The van der Waals surface area contributed by atoms with E-state index in [9.17, 15) is 4.79 Å². The summed E-state index contributed by atoms with van der Waals surface area (Å²) in [5.74, 6) is 0.983. The maximum atomic E-state index is 12.1. The van der Waals surface area contributed by atoms with E-state index in [2.05, 4.69) is 10.5 Å². The van der Waals surface area contributed by atoms with E-state index in [0.29, 0.717) is 23.1 Å². The highest BCUT2D eigenvalue weighted by Gasteiger charge is 2.15. The number of hydrogen-bond acceptors (Lipinski definition) is 5. The second-order valence-electron chi connectivity index (χ2n) is 5.15. The van der Waals surface area contributed by atoms with Gasteiger partial charge in [0.1, 0.15) is 11.9 Å². The number of ether oxygens (including phenoxy) is 1. The summed E-state index contributed by atoms with van der Waals surface area (Å²) < 4.78 is 10.9. The van der Waals surface area contributed by atoms with Gasteiger partial charge in [-0.15, -0.1) is 11.3 Å². The predicted molar refractivity (Wildman–Crippen MR) is 93.7 cm³/mol. The van der Waals surface area contributed by atoms with Gasteiger partial charge in [-0.25, -0.2) is 0 Å². The quantitative estimate of drug-likeness (QED) is 0.711. The van der Waals surface area contributed by atoms with Crippen LogP contribution in [0.25, 0.3) is 10.6 Å². The maximum absolute atomic E-state index is 12.1. The average molecular weight is 363 g/mol. The van der Waals surface area contributed by atoms with Gasteiger partial charge in [0.2, 0.25) is 0 Å². The van der Waals surface area contributed by atoms with E-state index >= 15 is 0 Å². The molecule has 1 aromatic carbocycles. The molecule has 7 heteroatoms. The number of hydrogen-bond donors (Lipinski definition) is 1. The molecule has 0 saturated heterocycles. The molecular weight excluding hydrogens is 348 g/mol. The van der Waals surface area contributed by atoms with Gasteiger partial charge in [0.05, 0.1) is 11.4 Å². The first kappa shape index (κ1) is 16.5. The van der Waals surface area contributed by atoms with Gasteiger partial charge in [-0.3, -0.25) is 4.79 Å². The van der Waals surface area contributed by atoms with Crippen molar-refractivity contribution in [3.8, 4) is 16.4 Å². The Morgan fingerprint density at radius 2 is 2.17 bits per heavy atom. The molecule has 2 aromatic heterocycles. The Morgan fingerprint density at radius 1 is 1.38 bits per heavy atom. The zero-order chi connectivity index (χ0) is 16.9. The molecule has 0 aliphatic rings. The van der Waals surface area contributed by atoms with E-state index in [1.165, 1.54) is 11.3 Å². The van der Waals surface area contributed by atoms with E-state index in [-0.39, 0.29) is 17.7 Å². The summed E-state index contributed by atoms with van der Waals surface area (Å²) in [5, 5.41) is 9.17. The smallest absolute Gasteiger partial charge is 0.273 e. The number of rotatable bonds is 6. The van der Waals surface area contributed by atoms with Crippen LogP contribution in [-0.4, -0.2) is 23.7 Å². The van der Waals surface area contributed by atoms with Gasteiger partial charge in [-0.2, -0.15) is 0 Å². The van der Waals surface area contributed by atoms with Crippen molar-refractivity contribution < 1.29 is 14.1 Å². The van der Waals surface area contributed by atoms with Crippen molar-refractivity contribution in [3.05, 3.63) is 58.6 Å². The topological polar surface area (TPSA) is 64.4 Å². The first-order chi connectivity index (χ1) is 11.6. The molecule has 0 aliphatic carbocycles. The Hall–Kier alpha value is -2.31. The molecule has 124 valence electrons. The van der Waals surface area contributed by atoms with Gasteiger partial charge in [0.15, 0.2) is 11.5 Å². The van der Waals surface area contributed by atoms with Gasteiger partial charge in [-0.05, 0) is 42.6 Å². The molecule has 0 saturated carbocycles. The zero-order valence-electron chi connectivity index (χ0n) is 12.9. The van der Waals surface area contributed by atoms with Crippen LogP contribution in [0.1, 0.15) is 17.4 Å². The maximum Gasteiger partial charge on any atom is 0.273 e. The summed E-state index contributed by atoms with van der Waals surface area (Å²) in [6, 6.07) is 12.5. The van der Waals surface area contributed by atoms with Gasteiger partial charge in [-0.1, -0.05) is 22.8 Å². The summed E-state index contributed by atoms with van der Waals surface area (Å²) in [4.78, 5) is 13.1. The van der Waals surface area contributed by atoms with Crippen molar-refractivity contribution in [2.24, 2.45) is 0 Å². The normalized spacial score (nSPS) is 11.9. The Labute approximate surface area is 148 Å². The molecule has 0 fully saturated rings. The summed E-state index contributed by atoms with van der Waals surface area (Å²) in [6.45, 7) is 2.22. The highest BCUT2D eigenvalue weighted by molar-refractivity contribution is 7.13. The van der Waals surface area contributed by atoms with Crippen LogP contribution in [0.3, 0.4) is 0 Å². The highest BCUT2D eigenvalue weighted by atomic mass is 35.5. The summed E-state index contributed by atoms with van der Waals surface area (Å²) in [7, 11) is 0. The van der Waals surface area contributed by atoms with Crippen LogP contribution in [-0.2, 0) is 0 Å². The van der Waals surface area contributed by atoms with Gasteiger partial charge < -0.3 is 14.6 Å². The Morgan fingerprint density at radius 3 is 2.88 bits per heavy atom. The third-order valence-electron chi connectivity index (χ3n) is 3.21. The lowest BCUT2D eigenvalue weighted by Crippen LogP contribution is -2.33. The number of thiophene rings is 1. The summed E-state index contributed by atoms with van der Waals surface area (Å²) in [6.07, 6.45) is -0.196. The fraction of sp³-hybridized carbons (Fsp3) is 0.176. The molecule has 1 atom stereocenters. The number of nitrogens with zero attached hydrogens (tertiary/aromatic N) is 1. The lowest BCUT2D eigenvalue weighted by molar-refractivity contribution is 0.0923. The van der Waals surface area contributed by atoms with Crippen molar-refractivity contribution in [2.75, 3.05) is 6.54 Å². The first-order valence-corrected chi connectivity index (χ1v) is 8.58. The lowest BCUT2D eigenvalue weighted by atomic mass is 10.3. The van der Waals surface area contributed by atoms with E-state index < -0.39 is 0 Å². The average Bonchev–Trinajstić information content (AvgIpc) is 3.25. The molecule has 0 unspecified atom stereocenters. The standard InChI is InChI=1S/C17H15ClN2O3S/c1-11(22-13-6-4-12(18)5-7-13)10-19-17(21)14-9-15(23-20-14)16-3-2-8-24-16/h2-9,11H,10H2,1H3,(H,19,21)/t11-/m0/s1. The van der Waals surface area contributed by atoms with E-state index in [4.69, 9.17) is 20.9 Å². The molecule has 1 N–H and O–H groups in total. The lowest BCUT2D eigenvalue weighted by Gasteiger charge is -2.15. The SMILES string of the molecule is C[C@@H](CNC(=O)c1cc(-c2cccs2)on1)Oc1ccc(Cl)cc1. The van der Waals surface area contributed by atoms with Crippen LogP contribution in [0.4, 0.5) is 0 Å². The molecular formula is C17H15ClN2O3S. The zero-order valence-corrected chi connectivity index (χ0v) is 14.4. The molecule has 0 spiro atoms. The van der Waals surface area contributed by atoms with Crippen LogP contribution in [0.5, 0.6) is 5.75 Å². The number of carbonyl (C=O) groups is 1. The van der Waals surface area contributed by atoms with Gasteiger partial charge in [0.25, 0.3) is 5.91 Å². The molecule has 1 amide bonds. The van der Waals surface area contributed by atoms with Crippen LogP contribution in [0.15, 0.2) is 52.4 Å². The number of nitrogens with one attached hydrogen (secondary N) is 1. The number of benzene rings is 1. The van der Waals surface area contributed by atoms with Crippen molar-refractivity contribution in [3.63, 3.8) is 0 Å². The fourth-order valence-electron chi connectivity index (χ4n) is 2.03. The van der Waals surface area contributed by atoms with E-state index in [1.54, 1.807) is 30.3 Å². The highest BCUT2D eigenvalue weighted by Crippen LogP contribution is 2.25. The number of halogens is 1. The molecule has 2 heterocycles. The molecule has 3 aromatic rings. The third-order valence-corrected chi connectivity index (χ3v) is 4.34. The van der Waals surface area contributed by atoms with Crippen molar-refractivity contribution in [2.45, 2.75) is 13.0 Å². The third kappa shape index (κ3) is 4.15. The number of aromatic nitrogens is 1. The minimum absolute atomic E-state index is 0.196. The monoisotopic (exact) mass is 362 g/mol. The molecule has 3 rings (SSSR count). The second-order valence-corrected chi connectivity index (χ2v) is 6.53. The molecule has 5 nitrogen and oxygen atoms in total. The van der Waals surface area contributed by atoms with Crippen molar-refractivity contribution >= 4 is 28.8 Å². The molecule has 24 heavy (non-hydrogen) atoms. The largest absolute Gasteiger partial charge is 0.489 e. The Bertz CT molecular complexity index is 800. The van der Waals surface area contributed by atoms with Crippen LogP contribution in [0.2, 0.25) is 5.02 Å².